The third-order valence-electron chi connectivity index (χ3n) is 4.49. The van der Waals surface area contributed by atoms with Crippen LogP contribution in [0.3, 0.4) is 0 Å². The second kappa shape index (κ2) is 6.94. The number of piperidine rings is 1. The van der Waals surface area contributed by atoms with Crippen molar-refractivity contribution < 1.29 is 9.18 Å². The lowest BCUT2D eigenvalue weighted by Gasteiger charge is -2.32. The Morgan fingerprint density at radius 1 is 1.39 bits per heavy atom. The fraction of sp³-hybridized carbons (Fsp3) is 0.444. The molecule has 0 spiro atoms. The maximum atomic E-state index is 12.9. The molecule has 2 heterocycles. The van der Waals surface area contributed by atoms with Gasteiger partial charge in [0.1, 0.15) is 11.5 Å². The molecule has 4 nitrogen and oxygen atoms in total. The first-order chi connectivity index (χ1) is 11.1. The lowest BCUT2D eigenvalue weighted by molar-refractivity contribution is 0.0662. The van der Waals surface area contributed by atoms with E-state index >= 15 is 0 Å². The Bertz CT molecular complexity index is 665. The van der Waals surface area contributed by atoms with E-state index in [-0.39, 0.29) is 11.7 Å². The molecule has 5 heteroatoms. The molecule has 2 aromatic rings. The van der Waals surface area contributed by atoms with Crippen molar-refractivity contribution in [3.8, 4) is 0 Å². The number of aryl methyl sites for hydroxylation is 2. The Hall–Kier alpha value is -2.17. The lowest BCUT2D eigenvalue weighted by atomic mass is 9.91. The molecule has 1 fully saturated rings. The van der Waals surface area contributed by atoms with Crippen LogP contribution in [0.4, 0.5) is 4.39 Å². The molecule has 0 aliphatic carbocycles. The second-order valence-corrected chi connectivity index (χ2v) is 6.36. The highest BCUT2D eigenvalue weighted by molar-refractivity contribution is 5.92. The first-order valence-electron chi connectivity index (χ1n) is 8.17. The molecule has 1 amide bonds. The minimum Gasteiger partial charge on any atom is -0.337 e. The summed E-state index contributed by atoms with van der Waals surface area (Å²) in [6.45, 7) is 3.48. The third kappa shape index (κ3) is 3.97. The van der Waals surface area contributed by atoms with Crippen LogP contribution in [0.2, 0.25) is 0 Å². The molecule has 23 heavy (non-hydrogen) atoms. The van der Waals surface area contributed by atoms with Crippen molar-refractivity contribution in [3.63, 3.8) is 0 Å². The normalized spacial score (nSPS) is 18.2. The predicted molar refractivity (Wildman–Crippen MR) is 86.7 cm³/mol. The number of amides is 1. The summed E-state index contributed by atoms with van der Waals surface area (Å²) in [5.74, 6) is 0.316. The predicted octanol–water partition coefficient (Wildman–Crippen LogP) is 3.34. The quantitative estimate of drug-likeness (QED) is 0.940. The zero-order valence-corrected chi connectivity index (χ0v) is 13.4. The third-order valence-corrected chi connectivity index (χ3v) is 4.49. The van der Waals surface area contributed by atoms with Crippen LogP contribution in [-0.4, -0.2) is 34.1 Å². The molecule has 0 radical (unpaired) electrons. The van der Waals surface area contributed by atoms with Crippen molar-refractivity contribution in [2.24, 2.45) is 5.92 Å². The summed E-state index contributed by atoms with van der Waals surface area (Å²) in [7, 11) is 0. The molecule has 0 saturated carbocycles. The number of carbonyl (C=O) groups excluding carboxylic acids is 1. The second-order valence-electron chi connectivity index (χ2n) is 6.36. The van der Waals surface area contributed by atoms with E-state index in [1.165, 1.54) is 12.1 Å². The van der Waals surface area contributed by atoms with Crippen LogP contribution in [0.15, 0.2) is 30.3 Å². The standard InChI is InChI=1S/C18H22FN3O/c1-13-11-17(21-20-13)18(23)22-10-2-3-15(12-22)5-4-14-6-8-16(19)9-7-14/h6-9,11,15H,2-5,10,12H2,1H3,(H,20,21). The van der Waals surface area contributed by atoms with Crippen molar-refractivity contribution in [3.05, 3.63) is 53.1 Å². The van der Waals surface area contributed by atoms with Gasteiger partial charge in [0, 0.05) is 18.8 Å². The summed E-state index contributed by atoms with van der Waals surface area (Å²) in [4.78, 5) is 14.4. The largest absolute Gasteiger partial charge is 0.337 e. The van der Waals surface area contributed by atoms with E-state index in [4.69, 9.17) is 0 Å². The van der Waals surface area contributed by atoms with E-state index in [0.717, 1.165) is 50.0 Å². The monoisotopic (exact) mass is 315 g/mol. The molecule has 0 bridgehead atoms. The van der Waals surface area contributed by atoms with Gasteiger partial charge in [0.15, 0.2) is 0 Å². The van der Waals surface area contributed by atoms with Gasteiger partial charge in [-0.15, -0.1) is 0 Å². The summed E-state index contributed by atoms with van der Waals surface area (Å²) in [6, 6.07) is 8.49. The SMILES string of the molecule is Cc1cc(C(=O)N2CCCC(CCc3ccc(F)cc3)C2)n[nH]1. The number of likely N-dealkylation sites (tertiary alicyclic amines) is 1. The average Bonchev–Trinajstić information content (AvgIpc) is 3.00. The minimum absolute atomic E-state index is 0.0147. The van der Waals surface area contributed by atoms with Crippen molar-refractivity contribution >= 4 is 5.91 Å². The highest BCUT2D eigenvalue weighted by Gasteiger charge is 2.25. The van der Waals surface area contributed by atoms with Crippen LogP contribution in [0.5, 0.6) is 0 Å². The molecule has 1 aromatic carbocycles. The van der Waals surface area contributed by atoms with E-state index in [2.05, 4.69) is 10.2 Å². The van der Waals surface area contributed by atoms with Crippen LogP contribution in [-0.2, 0) is 6.42 Å². The number of nitrogens with zero attached hydrogens (tertiary/aromatic N) is 2. The zero-order chi connectivity index (χ0) is 16.2. The fourth-order valence-electron chi connectivity index (χ4n) is 3.20. The van der Waals surface area contributed by atoms with Gasteiger partial charge in [-0.3, -0.25) is 9.89 Å². The van der Waals surface area contributed by atoms with Crippen LogP contribution in [0.1, 0.15) is 41.0 Å². The van der Waals surface area contributed by atoms with Crippen molar-refractivity contribution in [2.45, 2.75) is 32.6 Å². The van der Waals surface area contributed by atoms with E-state index in [9.17, 15) is 9.18 Å². The number of hydrogen-bond donors (Lipinski definition) is 1. The van der Waals surface area contributed by atoms with Gasteiger partial charge in [-0.05, 0) is 62.3 Å². The number of carbonyl (C=O) groups is 1. The maximum absolute atomic E-state index is 12.9. The number of rotatable bonds is 4. The average molecular weight is 315 g/mol. The minimum atomic E-state index is -0.197. The zero-order valence-electron chi connectivity index (χ0n) is 13.4. The first-order valence-corrected chi connectivity index (χ1v) is 8.17. The molecular formula is C18H22FN3O. The highest BCUT2D eigenvalue weighted by Crippen LogP contribution is 2.23. The Morgan fingerprint density at radius 2 is 2.17 bits per heavy atom. The van der Waals surface area contributed by atoms with Gasteiger partial charge < -0.3 is 4.90 Å². The highest BCUT2D eigenvalue weighted by atomic mass is 19.1. The first kappa shape index (κ1) is 15.7. The van der Waals surface area contributed by atoms with Crippen LogP contribution < -0.4 is 0 Å². The van der Waals surface area contributed by atoms with Crippen molar-refractivity contribution in [1.29, 1.82) is 0 Å². The Labute approximate surface area is 135 Å². The maximum Gasteiger partial charge on any atom is 0.274 e. The van der Waals surface area contributed by atoms with Crippen molar-refractivity contribution in [1.82, 2.24) is 15.1 Å². The molecule has 1 aliphatic heterocycles. The number of nitrogens with one attached hydrogen (secondary N) is 1. The van der Waals surface area contributed by atoms with Gasteiger partial charge in [0.05, 0.1) is 0 Å². The molecule has 3 rings (SSSR count). The molecule has 122 valence electrons. The molecule has 1 saturated heterocycles. The Balaban J connectivity index is 1.55. The molecule has 1 unspecified atom stereocenters. The summed E-state index contributed by atoms with van der Waals surface area (Å²) < 4.78 is 12.9. The van der Waals surface area contributed by atoms with E-state index in [1.807, 2.05) is 24.0 Å². The number of aromatic amines is 1. The summed E-state index contributed by atoms with van der Waals surface area (Å²) in [5.41, 5.74) is 2.55. The van der Waals surface area contributed by atoms with E-state index < -0.39 is 0 Å². The topological polar surface area (TPSA) is 49.0 Å². The fourth-order valence-corrected chi connectivity index (χ4v) is 3.20. The summed E-state index contributed by atoms with van der Waals surface area (Å²) in [5, 5.41) is 6.89. The Kier molecular flexibility index (Phi) is 4.74. The Morgan fingerprint density at radius 3 is 2.87 bits per heavy atom. The molecule has 1 aromatic heterocycles. The number of benzene rings is 1. The van der Waals surface area contributed by atoms with Crippen molar-refractivity contribution in [2.75, 3.05) is 13.1 Å². The molecule has 1 aliphatic rings. The van der Waals surface area contributed by atoms with Crippen LogP contribution >= 0.6 is 0 Å². The van der Waals surface area contributed by atoms with E-state index in [0.29, 0.717) is 11.6 Å². The van der Waals surface area contributed by atoms with E-state index in [1.54, 1.807) is 6.07 Å². The van der Waals surface area contributed by atoms with Gasteiger partial charge in [-0.2, -0.15) is 5.10 Å². The number of H-pyrrole nitrogens is 1. The lowest BCUT2D eigenvalue weighted by Crippen LogP contribution is -2.40. The van der Waals surface area contributed by atoms with Gasteiger partial charge in [0.25, 0.3) is 5.91 Å². The summed E-state index contributed by atoms with van der Waals surface area (Å²) in [6.07, 6.45) is 4.12. The van der Waals surface area contributed by atoms with Crippen LogP contribution in [0.25, 0.3) is 0 Å². The number of aromatic nitrogens is 2. The van der Waals surface area contributed by atoms with Gasteiger partial charge in [-0.1, -0.05) is 12.1 Å². The van der Waals surface area contributed by atoms with Gasteiger partial charge in [0.2, 0.25) is 0 Å². The van der Waals surface area contributed by atoms with Crippen LogP contribution in [0, 0.1) is 18.7 Å². The molecule has 1 atom stereocenters. The van der Waals surface area contributed by atoms with Gasteiger partial charge >= 0.3 is 0 Å². The number of hydrogen-bond acceptors (Lipinski definition) is 2. The molecular weight excluding hydrogens is 293 g/mol. The number of halogens is 1. The van der Waals surface area contributed by atoms with Gasteiger partial charge in [-0.25, -0.2) is 4.39 Å². The smallest absolute Gasteiger partial charge is 0.274 e. The summed E-state index contributed by atoms with van der Waals surface area (Å²) >= 11 is 0. The molecule has 1 N–H and O–H groups in total.